The van der Waals surface area contributed by atoms with Crippen molar-refractivity contribution in [2.75, 3.05) is 30.4 Å². The van der Waals surface area contributed by atoms with Gasteiger partial charge in [-0.1, -0.05) is 61.2 Å². The molecule has 5 nitrogen and oxygen atoms in total. The van der Waals surface area contributed by atoms with Gasteiger partial charge < -0.3 is 20.1 Å². The summed E-state index contributed by atoms with van der Waals surface area (Å²) in [5.41, 5.74) is 2.77. The number of rotatable bonds is 12. The fraction of sp³-hybridized carbons (Fsp3) is 0.192. The van der Waals surface area contributed by atoms with Crippen molar-refractivity contribution < 1.29 is 14.3 Å². The summed E-state index contributed by atoms with van der Waals surface area (Å²) in [6.07, 6.45) is 3.56. The van der Waals surface area contributed by atoms with E-state index in [-0.39, 0.29) is 12.5 Å². The second-order valence-corrected chi connectivity index (χ2v) is 6.96. The first kappa shape index (κ1) is 22.0. The number of carbonyl (C=O) groups excluding carboxylic acids is 1. The monoisotopic (exact) mass is 416 g/mol. The summed E-state index contributed by atoms with van der Waals surface area (Å²) in [6.45, 7) is 4.78. The zero-order valence-corrected chi connectivity index (χ0v) is 17.6. The SMILES string of the molecule is C=CCOc1cccc(NC(=O)CNc2ccccc2OCCCc2ccccc2)c1. The number of aryl methyl sites for hydroxylation is 1. The lowest BCUT2D eigenvalue weighted by Crippen LogP contribution is -2.22. The third-order valence-corrected chi connectivity index (χ3v) is 4.52. The highest BCUT2D eigenvalue weighted by molar-refractivity contribution is 5.94. The van der Waals surface area contributed by atoms with Crippen LogP contribution in [0.15, 0.2) is 91.5 Å². The predicted molar refractivity (Wildman–Crippen MR) is 126 cm³/mol. The van der Waals surface area contributed by atoms with Gasteiger partial charge in [-0.3, -0.25) is 4.79 Å². The number of hydrogen-bond acceptors (Lipinski definition) is 4. The highest BCUT2D eigenvalue weighted by Gasteiger charge is 2.07. The Kier molecular flexibility index (Phi) is 8.56. The fourth-order valence-electron chi connectivity index (χ4n) is 3.04. The molecular formula is C26H28N2O3. The molecule has 0 saturated heterocycles. The molecule has 0 fully saturated rings. The van der Waals surface area contributed by atoms with Gasteiger partial charge in [0, 0.05) is 11.8 Å². The van der Waals surface area contributed by atoms with Gasteiger partial charge in [0.1, 0.15) is 18.1 Å². The molecule has 160 valence electrons. The Morgan fingerprint density at radius 3 is 2.58 bits per heavy atom. The Balaban J connectivity index is 1.46. The van der Waals surface area contributed by atoms with Crippen molar-refractivity contribution in [3.63, 3.8) is 0 Å². The van der Waals surface area contributed by atoms with E-state index < -0.39 is 0 Å². The summed E-state index contributed by atoms with van der Waals surface area (Å²) < 4.78 is 11.4. The number of anilines is 2. The lowest BCUT2D eigenvalue weighted by Gasteiger charge is -2.13. The Morgan fingerprint density at radius 1 is 0.935 bits per heavy atom. The second kappa shape index (κ2) is 12.1. The molecule has 0 aliphatic rings. The van der Waals surface area contributed by atoms with Crippen LogP contribution in [0.25, 0.3) is 0 Å². The molecule has 0 radical (unpaired) electrons. The van der Waals surface area contributed by atoms with E-state index in [1.165, 1.54) is 5.56 Å². The normalized spacial score (nSPS) is 10.2. The summed E-state index contributed by atoms with van der Waals surface area (Å²) in [5, 5.41) is 6.03. The van der Waals surface area contributed by atoms with E-state index in [0.29, 0.717) is 24.7 Å². The zero-order chi connectivity index (χ0) is 21.7. The zero-order valence-electron chi connectivity index (χ0n) is 17.6. The molecule has 0 aliphatic heterocycles. The first-order valence-electron chi connectivity index (χ1n) is 10.4. The van der Waals surface area contributed by atoms with Gasteiger partial charge in [-0.15, -0.1) is 0 Å². The Hall–Kier alpha value is -3.73. The van der Waals surface area contributed by atoms with Crippen molar-refractivity contribution in [1.29, 1.82) is 0 Å². The summed E-state index contributed by atoms with van der Waals surface area (Å²) in [5.74, 6) is 1.27. The standard InChI is InChI=1S/C26H28N2O3/c1-2-17-30-23-14-8-13-22(19-23)28-26(29)20-27-24-15-6-7-16-25(24)31-18-9-12-21-10-4-3-5-11-21/h2-8,10-11,13-16,19,27H,1,9,12,17-18,20H2,(H,28,29). The summed E-state index contributed by atoms with van der Waals surface area (Å²) >= 11 is 0. The lowest BCUT2D eigenvalue weighted by atomic mass is 10.1. The van der Waals surface area contributed by atoms with Gasteiger partial charge in [0.15, 0.2) is 0 Å². The van der Waals surface area contributed by atoms with E-state index in [4.69, 9.17) is 9.47 Å². The van der Waals surface area contributed by atoms with Crippen LogP contribution in [0, 0.1) is 0 Å². The minimum Gasteiger partial charge on any atom is -0.491 e. The smallest absolute Gasteiger partial charge is 0.243 e. The van der Waals surface area contributed by atoms with Crippen molar-refractivity contribution in [3.05, 3.63) is 97.1 Å². The van der Waals surface area contributed by atoms with E-state index in [2.05, 4.69) is 29.3 Å². The van der Waals surface area contributed by atoms with Crippen LogP contribution in [-0.4, -0.2) is 25.7 Å². The number of carbonyl (C=O) groups is 1. The molecule has 0 aliphatic carbocycles. The number of nitrogens with one attached hydrogen (secondary N) is 2. The van der Waals surface area contributed by atoms with Crippen molar-refractivity contribution >= 4 is 17.3 Å². The maximum atomic E-state index is 12.4. The van der Waals surface area contributed by atoms with E-state index in [1.54, 1.807) is 12.1 Å². The maximum Gasteiger partial charge on any atom is 0.243 e. The molecule has 0 atom stereocenters. The molecule has 1 amide bonds. The Labute approximate surface area is 183 Å². The highest BCUT2D eigenvalue weighted by atomic mass is 16.5. The summed E-state index contributed by atoms with van der Waals surface area (Å²) in [4.78, 5) is 12.4. The minimum atomic E-state index is -0.153. The van der Waals surface area contributed by atoms with Gasteiger partial charge in [-0.25, -0.2) is 0 Å². The van der Waals surface area contributed by atoms with Crippen LogP contribution in [0.3, 0.4) is 0 Å². The van der Waals surface area contributed by atoms with Crippen molar-refractivity contribution in [3.8, 4) is 11.5 Å². The first-order valence-corrected chi connectivity index (χ1v) is 10.4. The van der Waals surface area contributed by atoms with Crippen molar-refractivity contribution in [2.24, 2.45) is 0 Å². The topological polar surface area (TPSA) is 59.6 Å². The van der Waals surface area contributed by atoms with Crippen molar-refractivity contribution in [1.82, 2.24) is 0 Å². The van der Waals surface area contributed by atoms with Crippen LogP contribution < -0.4 is 20.1 Å². The molecule has 0 unspecified atom stereocenters. The molecule has 0 heterocycles. The van der Waals surface area contributed by atoms with Gasteiger partial charge in [0.25, 0.3) is 0 Å². The van der Waals surface area contributed by atoms with E-state index in [0.717, 1.165) is 24.3 Å². The molecule has 0 spiro atoms. The first-order chi connectivity index (χ1) is 15.2. The van der Waals surface area contributed by atoms with Gasteiger partial charge in [-0.05, 0) is 42.7 Å². The molecular weight excluding hydrogens is 388 g/mol. The number of para-hydroxylation sites is 2. The molecule has 31 heavy (non-hydrogen) atoms. The van der Waals surface area contributed by atoms with Crippen LogP contribution in [0.1, 0.15) is 12.0 Å². The number of ether oxygens (including phenoxy) is 2. The molecule has 5 heteroatoms. The number of amides is 1. The average molecular weight is 417 g/mol. The Bertz CT molecular complexity index is 973. The van der Waals surface area contributed by atoms with Gasteiger partial charge >= 0.3 is 0 Å². The van der Waals surface area contributed by atoms with Crippen LogP contribution >= 0.6 is 0 Å². The molecule has 2 N–H and O–H groups in total. The Morgan fingerprint density at radius 2 is 1.74 bits per heavy atom. The lowest BCUT2D eigenvalue weighted by molar-refractivity contribution is -0.114. The molecule has 3 aromatic rings. The summed E-state index contributed by atoms with van der Waals surface area (Å²) in [6, 6.07) is 25.3. The van der Waals surface area contributed by atoms with Crippen LogP contribution in [-0.2, 0) is 11.2 Å². The molecule has 3 rings (SSSR count). The molecule has 0 bridgehead atoms. The molecule has 0 saturated carbocycles. The quantitative estimate of drug-likeness (QED) is 0.310. The van der Waals surface area contributed by atoms with Gasteiger partial charge in [0.2, 0.25) is 5.91 Å². The van der Waals surface area contributed by atoms with Crippen LogP contribution in [0.5, 0.6) is 11.5 Å². The van der Waals surface area contributed by atoms with E-state index in [9.17, 15) is 4.79 Å². The van der Waals surface area contributed by atoms with Crippen molar-refractivity contribution in [2.45, 2.75) is 12.8 Å². The van der Waals surface area contributed by atoms with E-state index >= 15 is 0 Å². The second-order valence-electron chi connectivity index (χ2n) is 6.96. The van der Waals surface area contributed by atoms with Gasteiger partial charge in [0.05, 0.1) is 18.8 Å². The summed E-state index contributed by atoms with van der Waals surface area (Å²) in [7, 11) is 0. The molecule has 3 aromatic carbocycles. The third kappa shape index (κ3) is 7.55. The average Bonchev–Trinajstić information content (AvgIpc) is 2.81. The highest BCUT2D eigenvalue weighted by Crippen LogP contribution is 2.24. The maximum absolute atomic E-state index is 12.4. The van der Waals surface area contributed by atoms with Crippen LogP contribution in [0.4, 0.5) is 11.4 Å². The van der Waals surface area contributed by atoms with Crippen LogP contribution in [0.2, 0.25) is 0 Å². The number of hydrogen-bond donors (Lipinski definition) is 2. The van der Waals surface area contributed by atoms with Gasteiger partial charge in [-0.2, -0.15) is 0 Å². The fourth-order valence-corrected chi connectivity index (χ4v) is 3.04. The predicted octanol–water partition coefficient (Wildman–Crippen LogP) is 5.31. The largest absolute Gasteiger partial charge is 0.491 e. The number of benzene rings is 3. The van der Waals surface area contributed by atoms with E-state index in [1.807, 2.05) is 60.7 Å². The minimum absolute atomic E-state index is 0.127. The molecule has 0 aromatic heterocycles. The third-order valence-electron chi connectivity index (χ3n) is 4.52.